The molecule has 0 amide bonds. The lowest BCUT2D eigenvalue weighted by Gasteiger charge is -2.47. The molecule has 0 saturated carbocycles. The van der Waals surface area contributed by atoms with E-state index in [1.165, 1.54) is 0 Å². The third-order valence-corrected chi connectivity index (χ3v) is 5.24. The quantitative estimate of drug-likeness (QED) is 0.796. The third-order valence-electron chi connectivity index (χ3n) is 5.24. The summed E-state index contributed by atoms with van der Waals surface area (Å²) in [7, 11) is 2.08. The fourth-order valence-electron chi connectivity index (χ4n) is 4.47. The monoisotopic (exact) mass is 334 g/mol. The Hall–Kier alpha value is -1.40. The molecular formula is C18H30N4O2. The average Bonchev–Trinajstić information content (AvgIpc) is 2.45. The van der Waals surface area contributed by atoms with Crippen LogP contribution in [0.15, 0.2) is 9.59 Å². The Morgan fingerprint density at radius 2 is 1.50 bits per heavy atom. The van der Waals surface area contributed by atoms with E-state index in [0.29, 0.717) is 11.4 Å². The fraction of sp³-hybridized carbons (Fsp3) is 0.778. The zero-order valence-corrected chi connectivity index (χ0v) is 15.5. The first-order valence-corrected chi connectivity index (χ1v) is 8.91. The zero-order chi connectivity index (χ0) is 17.7. The van der Waals surface area contributed by atoms with Gasteiger partial charge in [0.25, 0.3) is 10.9 Å². The molecule has 2 N–H and O–H groups in total. The summed E-state index contributed by atoms with van der Waals surface area (Å²) in [5, 5.41) is 7.07. The molecule has 0 bridgehead atoms. The number of piperidine rings is 1. The Morgan fingerprint density at radius 1 is 0.958 bits per heavy atom. The lowest BCUT2D eigenvalue weighted by molar-refractivity contribution is 0.170. The molecule has 0 radical (unpaired) electrons. The van der Waals surface area contributed by atoms with Crippen LogP contribution in [-0.2, 0) is 0 Å². The summed E-state index contributed by atoms with van der Waals surface area (Å²) >= 11 is 0. The van der Waals surface area contributed by atoms with Crippen molar-refractivity contribution in [2.24, 2.45) is 0 Å². The van der Waals surface area contributed by atoms with Gasteiger partial charge >= 0.3 is 0 Å². The number of anilines is 2. The van der Waals surface area contributed by atoms with Crippen molar-refractivity contribution in [3.05, 3.63) is 20.4 Å². The molecule has 2 heterocycles. The summed E-state index contributed by atoms with van der Waals surface area (Å²) in [6.45, 7) is 12.2. The normalized spacial score (nSPS) is 25.1. The van der Waals surface area contributed by atoms with Gasteiger partial charge in [0.15, 0.2) is 0 Å². The van der Waals surface area contributed by atoms with Gasteiger partial charge in [-0.15, -0.1) is 0 Å². The van der Waals surface area contributed by atoms with Gasteiger partial charge in [0.1, 0.15) is 11.4 Å². The van der Waals surface area contributed by atoms with E-state index in [1.807, 2.05) is 0 Å². The highest BCUT2D eigenvalue weighted by molar-refractivity contribution is 5.75. The molecule has 2 fully saturated rings. The first-order valence-electron chi connectivity index (χ1n) is 8.91. The number of piperazine rings is 1. The van der Waals surface area contributed by atoms with E-state index in [2.05, 4.69) is 55.2 Å². The van der Waals surface area contributed by atoms with Crippen molar-refractivity contribution in [1.82, 2.24) is 10.2 Å². The minimum Gasteiger partial charge on any atom is -0.377 e. The standard InChI is InChI=1S/C18H30N4O2/c1-17(2)10-12(11-18(3,4)20-17)19-13-14(16(24)15(13)23)22-8-6-21(5)7-9-22/h12,19-20H,6-11H2,1-5H3. The Balaban J connectivity index is 1.78. The maximum atomic E-state index is 12.2. The first kappa shape index (κ1) is 17.4. The summed E-state index contributed by atoms with van der Waals surface area (Å²) in [4.78, 5) is 28.6. The van der Waals surface area contributed by atoms with E-state index >= 15 is 0 Å². The molecule has 6 heteroatoms. The van der Waals surface area contributed by atoms with E-state index in [1.54, 1.807) is 0 Å². The van der Waals surface area contributed by atoms with Gasteiger partial charge in [0.2, 0.25) is 0 Å². The van der Waals surface area contributed by atoms with Crippen LogP contribution in [0.4, 0.5) is 11.4 Å². The molecule has 2 aliphatic rings. The SMILES string of the molecule is CN1CCN(c2c(NC3CC(C)(C)NC(C)(C)C3)c(=O)c2=O)CC1. The lowest BCUT2D eigenvalue weighted by atomic mass is 9.79. The van der Waals surface area contributed by atoms with Gasteiger partial charge in [0.05, 0.1) is 0 Å². The maximum Gasteiger partial charge on any atom is 0.253 e. The third kappa shape index (κ3) is 3.35. The number of hydrogen-bond donors (Lipinski definition) is 2. The Labute approximate surface area is 143 Å². The molecule has 1 aromatic carbocycles. The molecule has 0 atom stereocenters. The van der Waals surface area contributed by atoms with Crippen LogP contribution in [0.3, 0.4) is 0 Å². The molecule has 0 aliphatic carbocycles. The van der Waals surface area contributed by atoms with Crippen molar-refractivity contribution in [1.29, 1.82) is 0 Å². The van der Waals surface area contributed by atoms with E-state index in [9.17, 15) is 9.59 Å². The van der Waals surface area contributed by atoms with Gasteiger partial charge in [-0.25, -0.2) is 0 Å². The summed E-state index contributed by atoms with van der Waals surface area (Å²) in [6.07, 6.45) is 1.86. The van der Waals surface area contributed by atoms with Gasteiger partial charge in [-0.3, -0.25) is 9.59 Å². The van der Waals surface area contributed by atoms with Gasteiger partial charge in [0, 0.05) is 43.3 Å². The molecule has 0 aromatic heterocycles. The largest absolute Gasteiger partial charge is 0.377 e. The van der Waals surface area contributed by atoms with Crippen molar-refractivity contribution in [2.75, 3.05) is 43.4 Å². The minimum atomic E-state index is -0.349. The molecule has 6 nitrogen and oxygen atoms in total. The first-order chi connectivity index (χ1) is 11.1. The van der Waals surface area contributed by atoms with Crippen LogP contribution in [0, 0.1) is 0 Å². The molecule has 2 saturated heterocycles. The summed E-state index contributed by atoms with van der Waals surface area (Å²) in [5.41, 5.74) is 0.494. The van der Waals surface area contributed by atoms with Crippen LogP contribution in [0.1, 0.15) is 40.5 Å². The van der Waals surface area contributed by atoms with Gasteiger partial charge in [-0.1, -0.05) is 0 Å². The van der Waals surface area contributed by atoms with Crippen molar-refractivity contribution in [3.63, 3.8) is 0 Å². The lowest BCUT2D eigenvalue weighted by Crippen LogP contribution is -2.61. The second-order valence-electron chi connectivity index (χ2n) is 8.81. The molecule has 134 valence electrons. The van der Waals surface area contributed by atoms with Crippen molar-refractivity contribution in [2.45, 2.75) is 57.7 Å². The van der Waals surface area contributed by atoms with Gasteiger partial charge < -0.3 is 20.4 Å². The van der Waals surface area contributed by atoms with Crippen LogP contribution in [0.2, 0.25) is 0 Å². The smallest absolute Gasteiger partial charge is 0.253 e. The minimum absolute atomic E-state index is 0.00474. The predicted octanol–water partition coefficient (Wildman–Crippen LogP) is 0.756. The molecule has 2 aliphatic heterocycles. The van der Waals surface area contributed by atoms with E-state index in [0.717, 1.165) is 39.0 Å². The molecule has 24 heavy (non-hydrogen) atoms. The summed E-state index contributed by atoms with van der Waals surface area (Å²) < 4.78 is 0. The van der Waals surface area contributed by atoms with Crippen LogP contribution >= 0.6 is 0 Å². The maximum absolute atomic E-state index is 12.2. The van der Waals surface area contributed by atoms with Crippen molar-refractivity contribution in [3.8, 4) is 0 Å². The zero-order valence-electron chi connectivity index (χ0n) is 15.5. The molecular weight excluding hydrogens is 304 g/mol. The highest BCUT2D eigenvalue weighted by Gasteiger charge is 2.39. The molecule has 1 aromatic rings. The van der Waals surface area contributed by atoms with E-state index < -0.39 is 0 Å². The van der Waals surface area contributed by atoms with Crippen LogP contribution < -0.4 is 26.4 Å². The number of hydrogen-bond acceptors (Lipinski definition) is 6. The molecule has 0 unspecified atom stereocenters. The summed E-state index contributed by atoms with van der Waals surface area (Å²) in [6, 6.07) is 0.200. The highest BCUT2D eigenvalue weighted by Crippen LogP contribution is 2.32. The summed E-state index contributed by atoms with van der Waals surface area (Å²) in [5.74, 6) is 0. The number of nitrogens with one attached hydrogen (secondary N) is 2. The second kappa shape index (κ2) is 5.85. The topological polar surface area (TPSA) is 64.7 Å². The van der Waals surface area contributed by atoms with E-state index in [-0.39, 0.29) is 28.0 Å². The fourth-order valence-corrected chi connectivity index (χ4v) is 4.47. The van der Waals surface area contributed by atoms with E-state index in [4.69, 9.17) is 0 Å². The van der Waals surface area contributed by atoms with Crippen LogP contribution in [0.25, 0.3) is 0 Å². The van der Waals surface area contributed by atoms with Gasteiger partial charge in [-0.2, -0.15) is 0 Å². The Kier molecular flexibility index (Phi) is 4.24. The predicted molar refractivity (Wildman–Crippen MR) is 99.0 cm³/mol. The highest BCUT2D eigenvalue weighted by atomic mass is 16.2. The number of likely N-dealkylation sites (N-methyl/N-ethyl adjacent to an activating group) is 1. The Bertz CT molecular complexity index is 664. The number of nitrogens with zero attached hydrogens (tertiary/aromatic N) is 2. The van der Waals surface area contributed by atoms with Gasteiger partial charge in [-0.05, 0) is 47.6 Å². The molecule has 0 spiro atoms. The van der Waals surface area contributed by atoms with Crippen molar-refractivity contribution >= 4 is 11.4 Å². The molecule has 3 rings (SSSR count). The average molecular weight is 334 g/mol. The van der Waals surface area contributed by atoms with Crippen LogP contribution in [-0.4, -0.2) is 55.2 Å². The van der Waals surface area contributed by atoms with Crippen molar-refractivity contribution < 1.29 is 0 Å². The Morgan fingerprint density at radius 3 is 2.04 bits per heavy atom. The van der Waals surface area contributed by atoms with Crippen LogP contribution in [0.5, 0.6) is 0 Å². The number of rotatable bonds is 3. The second-order valence-corrected chi connectivity index (χ2v) is 8.81.